The van der Waals surface area contributed by atoms with E-state index in [1.807, 2.05) is 0 Å². The molecule has 0 saturated carbocycles. The highest BCUT2D eigenvalue weighted by molar-refractivity contribution is 7.89. The van der Waals surface area contributed by atoms with Crippen molar-refractivity contribution in [2.45, 2.75) is 18.2 Å². The maximum atomic E-state index is 11.9. The average Bonchev–Trinajstić information content (AvgIpc) is 2.46. The predicted octanol–water partition coefficient (Wildman–Crippen LogP) is 0.447. The van der Waals surface area contributed by atoms with E-state index in [9.17, 15) is 8.42 Å². The molecular weight excluding hydrogens is 266 g/mol. The van der Waals surface area contributed by atoms with Gasteiger partial charge in [-0.05, 0) is 23.3 Å². The van der Waals surface area contributed by atoms with Crippen LogP contribution in [-0.4, -0.2) is 23.5 Å². The number of aromatic nitrogens is 2. The van der Waals surface area contributed by atoms with Crippen LogP contribution in [0.2, 0.25) is 0 Å². The molecule has 6 nitrogen and oxygen atoms in total. The zero-order valence-electron chi connectivity index (χ0n) is 10.0. The third-order valence-corrected chi connectivity index (χ3v) is 3.76. The van der Waals surface area contributed by atoms with Gasteiger partial charge in [-0.3, -0.25) is 4.98 Å². The highest BCUT2D eigenvalue weighted by atomic mass is 32.2. The molecule has 2 rings (SSSR count). The highest BCUT2D eigenvalue weighted by Gasteiger charge is 2.14. The average molecular weight is 279 g/mol. The molecule has 0 spiro atoms. The summed E-state index contributed by atoms with van der Waals surface area (Å²) in [6, 6.07) is 6.39. The van der Waals surface area contributed by atoms with Crippen molar-refractivity contribution in [2.75, 3.05) is 0 Å². The van der Waals surface area contributed by atoms with Crippen molar-refractivity contribution in [1.29, 1.82) is 0 Å². The molecule has 2 aromatic rings. The van der Waals surface area contributed by atoms with Crippen molar-refractivity contribution in [3.63, 3.8) is 0 Å². The van der Waals surface area contributed by atoms with Crippen LogP contribution < -0.4 is 4.72 Å². The van der Waals surface area contributed by atoms with Gasteiger partial charge in [-0.15, -0.1) is 0 Å². The van der Waals surface area contributed by atoms with E-state index in [-0.39, 0.29) is 18.2 Å². The molecule has 0 aliphatic rings. The topological polar surface area (TPSA) is 92.2 Å². The minimum absolute atomic E-state index is 0.0754. The van der Waals surface area contributed by atoms with Crippen LogP contribution in [0.3, 0.4) is 0 Å². The number of hydrogen-bond acceptors (Lipinski definition) is 5. The largest absolute Gasteiger partial charge is 0.392 e. The summed E-state index contributed by atoms with van der Waals surface area (Å²) in [5.74, 6) is 0. The molecule has 0 aliphatic carbocycles. The first-order valence-corrected chi connectivity index (χ1v) is 7.04. The Labute approximate surface area is 111 Å². The Morgan fingerprint density at radius 1 is 1.16 bits per heavy atom. The Morgan fingerprint density at radius 3 is 2.58 bits per heavy atom. The zero-order valence-corrected chi connectivity index (χ0v) is 10.8. The van der Waals surface area contributed by atoms with Gasteiger partial charge < -0.3 is 5.11 Å². The summed E-state index contributed by atoms with van der Waals surface area (Å²) in [5.41, 5.74) is 1.32. The summed E-state index contributed by atoms with van der Waals surface area (Å²) in [6.45, 7) is -0.0178. The quantitative estimate of drug-likeness (QED) is 0.829. The molecule has 0 radical (unpaired) electrons. The predicted molar refractivity (Wildman–Crippen MR) is 68.4 cm³/mol. The molecule has 0 aromatic carbocycles. The molecule has 0 unspecified atom stereocenters. The van der Waals surface area contributed by atoms with Gasteiger partial charge in [-0.25, -0.2) is 18.1 Å². The van der Waals surface area contributed by atoms with Crippen molar-refractivity contribution >= 4 is 10.0 Å². The zero-order chi connectivity index (χ0) is 13.7. The molecule has 0 saturated heterocycles. The number of nitrogens with one attached hydrogen (secondary N) is 1. The number of sulfonamides is 1. The van der Waals surface area contributed by atoms with Crippen LogP contribution in [0.25, 0.3) is 0 Å². The molecule has 0 atom stereocenters. The molecule has 2 aromatic heterocycles. The van der Waals surface area contributed by atoms with E-state index in [0.29, 0.717) is 5.56 Å². The second-order valence-corrected chi connectivity index (χ2v) is 5.56. The lowest BCUT2D eigenvalue weighted by molar-refractivity contribution is 0.281. The van der Waals surface area contributed by atoms with Gasteiger partial charge in [0.1, 0.15) is 0 Å². The Bertz CT molecular complexity index is 627. The van der Waals surface area contributed by atoms with Crippen LogP contribution in [0.5, 0.6) is 0 Å². The van der Waals surface area contributed by atoms with E-state index >= 15 is 0 Å². The van der Waals surface area contributed by atoms with Crippen LogP contribution in [0.1, 0.15) is 11.1 Å². The number of nitrogens with zero attached hydrogens (tertiary/aromatic N) is 2. The first-order valence-electron chi connectivity index (χ1n) is 5.56. The van der Waals surface area contributed by atoms with Crippen molar-refractivity contribution in [3.8, 4) is 0 Å². The van der Waals surface area contributed by atoms with Crippen molar-refractivity contribution in [2.24, 2.45) is 0 Å². The number of hydrogen-bond donors (Lipinski definition) is 2. The van der Waals surface area contributed by atoms with Gasteiger partial charge in [-0.2, -0.15) is 0 Å². The summed E-state index contributed by atoms with van der Waals surface area (Å²) in [6.07, 6.45) is 4.54. The molecule has 100 valence electrons. The fourth-order valence-corrected chi connectivity index (χ4v) is 2.36. The Morgan fingerprint density at radius 2 is 2.00 bits per heavy atom. The third-order valence-electron chi connectivity index (χ3n) is 2.44. The van der Waals surface area contributed by atoms with Gasteiger partial charge in [0.2, 0.25) is 0 Å². The van der Waals surface area contributed by atoms with E-state index in [1.165, 1.54) is 18.3 Å². The van der Waals surface area contributed by atoms with E-state index in [2.05, 4.69) is 14.7 Å². The molecule has 0 fully saturated rings. The molecular formula is C12H13N3O3S. The van der Waals surface area contributed by atoms with Crippen LogP contribution >= 0.6 is 0 Å². The van der Waals surface area contributed by atoms with Gasteiger partial charge in [-0.1, -0.05) is 12.1 Å². The van der Waals surface area contributed by atoms with Gasteiger partial charge in [0.15, 0.2) is 5.03 Å². The monoisotopic (exact) mass is 279 g/mol. The summed E-state index contributed by atoms with van der Waals surface area (Å²) < 4.78 is 26.3. The lowest BCUT2D eigenvalue weighted by Crippen LogP contribution is -2.24. The molecule has 0 bridgehead atoms. The van der Waals surface area contributed by atoms with Crippen LogP contribution in [0.15, 0.2) is 47.9 Å². The van der Waals surface area contributed by atoms with Gasteiger partial charge >= 0.3 is 0 Å². The lowest BCUT2D eigenvalue weighted by Gasteiger charge is -2.06. The maximum absolute atomic E-state index is 11.9. The number of aliphatic hydroxyl groups is 1. The number of aliphatic hydroxyl groups excluding tert-OH is 1. The molecule has 2 N–H and O–H groups in total. The lowest BCUT2D eigenvalue weighted by atomic mass is 10.3. The minimum Gasteiger partial charge on any atom is -0.392 e. The van der Waals surface area contributed by atoms with E-state index < -0.39 is 10.0 Å². The van der Waals surface area contributed by atoms with E-state index in [0.717, 1.165) is 5.56 Å². The summed E-state index contributed by atoms with van der Waals surface area (Å²) in [7, 11) is -3.65. The van der Waals surface area contributed by atoms with Gasteiger partial charge in [0.05, 0.1) is 6.61 Å². The second-order valence-electron chi connectivity index (χ2n) is 3.85. The molecule has 0 amide bonds. The fourth-order valence-electron chi connectivity index (χ4n) is 1.42. The Kier molecular flexibility index (Phi) is 4.20. The van der Waals surface area contributed by atoms with Gasteiger partial charge in [0.25, 0.3) is 10.0 Å². The third kappa shape index (κ3) is 3.57. The van der Waals surface area contributed by atoms with Crippen LogP contribution in [0.4, 0.5) is 0 Å². The van der Waals surface area contributed by atoms with Crippen LogP contribution in [-0.2, 0) is 23.2 Å². The first kappa shape index (κ1) is 13.6. The van der Waals surface area contributed by atoms with Crippen molar-refractivity contribution in [3.05, 3.63) is 54.0 Å². The Balaban J connectivity index is 2.09. The normalized spacial score (nSPS) is 11.4. The summed E-state index contributed by atoms with van der Waals surface area (Å²) >= 11 is 0. The smallest absolute Gasteiger partial charge is 0.258 e. The molecule has 0 aliphatic heterocycles. The Hall–Kier alpha value is -1.83. The van der Waals surface area contributed by atoms with Crippen molar-refractivity contribution in [1.82, 2.24) is 14.7 Å². The van der Waals surface area contributed by atoms with Crippen molar-refractivity contribution < 1.29 is 13.5 Å². The fraction of sp³-hybridized carbons (Fsp3) is 0.167. The number of pyridine rings is 2. The second kappa shape index (κ2) is 5.87. The van der Waals surface area contributed by atoms with E-state index in [1.54, 1.807) is 24.5 Å². The molecule has 7 heteroatoms. The summed E-state index contributed by atoms with van der Waals surface area (Å²) in [5, 5.41) is 8.80. The maximum Gasteiger partial charge on any atom is 0.258 e. The van der Waals surface area contributed by atoms with Gasteiger partial charge in [0, 0.05) is 25.1 Å². The molecule has 19 heavy (non-hydrogen) atoms. The van der Waals surface area contributed by atoms with Crippen LogP contribution in [0, 0.1) is 0 Å². The minimum atomic E-state index is -3.65. The summed E-state index contributed by atoms with van der Waals surface area (Å²) in [4.78, 5) is 7.71. The number of rotatable bonds is 5. The highest BCUT2D eigenvalue weighted by Crippen LogP contribution is 2.07. The standard InChI is InChI=1S/C12H13N3O3S/c16-9-11-3-4-12(14-7-11)19(17,18)15-8-10-2-1-5-13-6-10/h1-7,15-16H,8-9H2. The molecule has 2 heterocycles. The van der Waals surface area contributed by atoms with E-state index in [4.69, 9.17) is 5.11 Å². The first-order chi connectivity index (χ1) is 9.12. The SMILES string of the molecule is O=S(=O)(NCc1cccnc1)c1ccc(CO)cn1.